The summed E-state index contributed by atoms with van der Waals surface area (Å²) in [4.78, 5) is 49.0. The summed E-state index contributed by atoms with van der Waals surface area (Å²) in [6, 6.07) is 34.3. The zero-order chi connectivity index (χ0) is 51.2. The van der Waals surface area contributed by atoms with E-state index in [9.17, 15) is 14.4 Å². The molecular weight excluding hydrogens is 932 g/mol. The first-order valence-electron chi connectivity index (χ1n) is 25.0. The van der Waals surface area contributed by atoms with Gasteiger partial charge in [-0.25, -0.2) is 9.59 Å². The Bertz CT molecular complexity index is 2610. The van der Waals surface area contributed by atoms with Crippen LogP contribution in [-0.2, 0) is 40.4 Å². The summed E-state index contributed by atoms with van der Waals surface area (Å²) in [5.41, 5.74) is 1.04. The number of nitrogens with zero attached hydrogens (tertiary/aromatic N) is 2. The molecule has 4 aromatic carbocycles. The van der Waals surface area contributed by atoms with Crippen molar-refractivity contribution in [2.24, 2.45) is 22.4 Å². The Hall–Kier alpha value is -5.81. The molecule has 6 aliphatic rings. The third-order valence-electron chi connectivity index (χ3n) is 14.7. The van der Waals surface area contributed by atoms with Crippen LogP contribution in [0.4, 0.5) is 4.79 Å². The number of aryl methyl sites for hydroxylation is 1. The molecule has 2 N–H and O–H groups in total. The maximum atomic E-state index is 14.3. The Labute approximate surface area is 428 Å². The lowest BCUT2D eigenvalue weighted by molar-refractivity contribution is -0.199. The molecule has 3 aliphatic carbocycles. The molecule has 0 aromatic heterocycles. The van der Waals surface area contributed by atoms with Crippen molar-refractivity contribution in [3.05, 3.63) is 142 Å². The van der Waals surface area contributed by atoms with Gasteiger partial charge in [-0.15, -0.1) is 0 Å². The van der Waals surface area contributed by atoms with Crippen molar-refractivity contribution in [1.29, 1.82) is 0 Å². The van der Waals surface area contributed by atoms with E-state index in [1.54, 1.807) is 58.6 Å². The predicted molar refractivity (Wildman–Crippen MR) is 277 cm³/mol. The van der Waals surface area contributed by atoms with Gasteiger partial charge in [-0.05, 0) is 120 Å². The topological polar surface area (TPSA) is 155 Å². The summed E-state index contributed by atoms with van der Waals surface area (Å²) >= 11 is 1.49. The number of likely N-dealkylation sites (tertiary alicyclic amines) is 1. The molecule has 5 atom stereocenters. The minimum absolute atomic E-state index is 0.000303. The van der Waals surface area contributed by atoms with Crippen molar-refractivity contribution in [1.82, 2.24) is 15.5 Å². The second kappa shape index (κ2) is 19.9. The Kier molecular flexibility index (Phi) is 14.1. The summed E-state index contributed by atoms with van der Waals surface area (Å²) in [6.45, 7) is 17.6. The van der Waals surface area contributed by atoms with E-state index in [4.69, 9.17) is 33.1 Å². The molecule has 3 heterocycles. The van der Waals surface area contributed by atoms with Gasteiger partial charge in [-0.3, -0.25) is 10.1 Å². The number of carbonyl (C=O) groups excluding carboxylic acids is 3. The Balaban J connectivity index is 0.925. The van der Waals surface area contributed by atoms with E-state index in [-0.39, 0.29) is 53.3 Å². The molecule has 1 amide bonds. The summed E-state index contributed by atoms with van der Waals surface area (Å²) in [7, 11) is 0.916. The number of amides is 1. The molecule has 380 valence electrons. The van der Waals surface area contributed by atoms with Gasteiger partial charge in [0.15, 0.2) is 11.5 Å². The van der Waals surface area contributed by atoms with Crippen molar-refractivity contribution in [2.75, 3.05) is 20.2 Å². The number of nitrogens with one attached hydrogen (secondary N) is 2. The van der Waals surface area contributed by atoms with Gasteiger partial charge in [-0.2, -0.15) is 0 Å². The molecule has 14 nitrogen and oxygen atoms in total. The largest absolute Gasteiger partial charge is 0.514 e. The highest BCUT2D eigenvalue weighted by molar-refractivity contribution is 8.02. The van der Waals surface area contributed by atoms with Crippen LogP contribution in [0, 0.1) is 17.3 Å². The lowest BCUT2D eigenvalue weighted by atomic mass is 9.43. The normalized spacial score (nSPS) is 23.7. The molecule has 2 bridgehead atoms. The van der Waals surface area contributed by atoms with Crippen LogP contribution in [0.2, 0.25) is 6.32 Å². The highest BCUT2D eigenvalue weighted by Gasteiger charge is 2.67. The van der Waals surface area contributed by atoms with Crippen LogP contribution in [0.1, 0.15) is 108 Å². The van der Waals surface area contributed by atoms with Gasteiger partial charge in [0, 0.05) is 5.41 Å². The average molecular weight is 999 g/mol. The van der Waals surface area contributed by atoms with E-state index in [0.29, 0.717) is 35.8 Å². The molecule has 0 radical (unpaired) electrons. The zero-order valence-corrected chi connectivity index (χ0v) is 43.8. The fourth-order valence-corrected chi connectivity index (χ4v) is 12.0. The second-order valence-corrected chi connectivity index (χ2v) is 23.2. The maximum absolute atomic E-state index is 14.3. The SMILES string of the molecule is CO/N=C(/C(=O)N1CC(Oc2ccc(CCB3O[C@@H]4C[C@@H]5C[C@@H](C5(C)C)[C@]4(C)O3)c(OC(=O)OC(C)(C)C)c2C(=O)OC(C)(C)C)C1)C1=CSC(NC(c2ccccc2)(c2ccccc2)c2ccccc2)N1. The highest BCUT2D eigenvalue weighted by Crippen LogP contribution is 2.66. The number of rotatable bonds is 15. The summed E-state index contributed by atoms with van der Waals surface area (Å²) in [5.74, 6) is -0.0192. The molecule has 5 fully saturated rings. The van der Waals surface area contributed by atoms with Crippen LogP contribution in [0.3, 0.4) is 0 Å². The van der Waals surface area contributed by atoms with E-state index in [1.807, 2.05) is 60.0 Å². The van der Waals surface area contributed by atoms with Crippen LogP contribution in [0.15, 0.2) is 119 Å². The Morgan fingerprint density at radius 2 is 1.43 bits per heavy atom. The fraction of sp³-hybridized carbons (Fsp3) is 0.464. The lowest BCUT2D eigenvalue weighted by Crippen LogP contribution is -2.65. The van der Waals surface area contributed by atoms with E-state index >= 15 is 0 Å². The number of carbonyl (C=O) groups is 3. The minimum atomic E-state index is -0.985. The monoisotopic (exact) mass is 998 g/mol. The molecule has 0 spiro atoms. The van der Waals surface area contributed by atoms with Gasteiger partial charge in [-0.1, -0.05) is 128 Å². The number of oxime groups is 1. The van der Waals surface area contributed by atoms with Gasteiger partial charge in [0.2, 0.25) is 0 Å². The molecule has 3 aliphatic heterocycles. The van der Waals surface area contributed by atoms with Gasteiger partial charge in [0.05, 0.1) is 36.0 Å². The third-order valence-corrected chi connectivity index (χ3v) is 15.6. The Morgan fingerprint density at radius 1 is 0.833 bits per heavy atom. The van der Waals surface area contributed by atoms with Gasteiger partial charge in [0.1, 0.15) is 41.2 Å². The van der Waals surface area contributed by atoms with Gasteiger partial charge >= 0.3 is 19.2 Å². The first-order valence-corrected chi connectivity index (χ1v) is 25.9. The predicted octanol–water partition coefficient (Wildman–Crippen LogP) is 9.86. The summed E-state index contributed by atoms with van der Waals surface area (Å²) in [5, 5.41) is 13.5. The van der Waals surface area contributed by atoms with Crippen molar-refractivity contribution >= 4 is 42.6 Å². The number of esters is 1. The molecule has 4 aromatic rings. The number of thioether (sulfide) groups is 1. The Morgan fingerprint density at radius 3 is 1.99 bits per heavy atom. The molecular formula is C56H67BN4O10S. The quantitative estimate of drug-likeness (QED) is 0.0290. The average Bonchev–Trinajstić information content (AvgIpc) is 3.93. The first-order chi connectivity index (χ1) is 34.2. The highest BCUT2D eigenvalue weighted by atomic mass is 32.2. The molecule has 1 unspecified atom stereocenters. The fourth-order valence-electron chi connectivity index (χ4n) is 11.1. The number of benzene rings is 4. The van der Waals surface area contributed by atoms with Crippen LogP contribution in [-0.4, -0.2) is 90.5 Å². The number of ether oxygens (including phenoxy) is 4. The molecule has 72 heavy (non-hydrogen) atoms. The van der Waals surface area contributed by atoms with Gasteiger partial charge in [0.25, 0.3) is 5.91 Å². The van der Waals surface area contributed by atoms with E-state index in [0.717, 1.165) is 29.5 Å². The minimum Gasteiger partial charge on any atom is -0.486 e. The summed E-state index contributed by atoms with van der Waals surface area (Å²) in [6.07, 6.45) is 1.35. The van der Waals surface area contributed by atoms with Crippen LogP contribution in [0.5, 0.6) is 11.5 Å². The zero-order valence-electron chi connectivity index (χ0n) is 43.0. The molecule has 10 rings (SSSR count). The standard InChI is InChI=1S/C56H67BN4O10S/c1-52(2,3)68-49(63)45-42(27-26-35(47(45)67-51(64)69-53(4,5)6)28-29-57-70-44-31-39-30-43(54(39,7)8)55(44,9)71-57)66-40-32-61(33-40)48(62)46(60-65-10)41-34-72-50(58-41)59-56(36-20-14-11-15-21-36,37-22-16-12-17-23-37)38-24-18-13-19-25-38/h11-27,34,39-40,43-44,50,58-59H,28-33H2,1-10H3/b60-46+/t39-,43-,44+,50?,55-/m0/s1. The number of hydrogen-bond donors (Lipinski definition) is 2. The van der Waals surface area contributed by atoms with Crippen LogP contribution in [0.25, 0.3) is 0 Å². The first kappa shape index (κ1) is 51.1. The number of hydrogen-bond acceptors (Lipinski definition) is 14. The van der Waals surface area contributed by atoms with Crippen LogP contribution >= 0.6 is 11.8 Å². The smallest absolute Gasteiger partial charge is 0.486 e. The lowest BCUT2D eigenvalue weighted by Gasteiger charge is -2.64. The van der Waals surface area contributed by atoms with Crippen molar-refractivity contribution in [3.8, 4) is 11.5 Å². The van der Waals surface area contributed by atoms with Crippen molar-refractivity contribution in [3.63, 3.8) is 0 Å². The second-order valence-electron chi connectivity index (χ2n) is 22.2. The van der Waals surface area contributed by atoms with Crippen molar-refractivity contribution in [2.45, 2.75) is 128 Å². The van der Waals surface area contributed by atoms with Crippen LogP contribution < -0.4 is 20.1 Å². The van der Waals surface area contributed by atoms with E-state index in [1.165, 1.54) is 18.9 Å². The van der Waals surface area contributed by atoms with Crippen molar-refractivity contribution < 1.29 is 47.5 Å². The molecule has 3 saturated carbocycles. The summed E-state index contributed by atoms with van der Waals surface area (Å²) < 4.78 is 37.4. The molecule has 2 saturated heterocycles. The van der Waals surface area contributed by atoms with E-state index in [2.05, 4.69) is 73.0 Å². The van der Waals surface area contributed by atoms with Gasteiger partial charge < -0.3 is 43.3 Å². The van der Waals surface area contributed by atoms with E-state index < -0.39 is 53.2 Å². The maximum Gasteiger partial charge on any atom is 0.514 e. The third kappa shape index (κ3) is 10.2. The molecule has 16 heteroatoms.